The van der Waals surface area contributed by atoms with Gasteiger partial charge < -0.3 is 9.64 Å². The van der Waals surface area contributed by atoms with Gasteiger partial charge >= 0.3 is 0 Å². The molecule has 1 heterocycles. The fourth-order valence-corrected chi connectivity index (χ4v) is 2.21. The molecule has 0 fully saturated rings. The molecule has 0 saturated carbocycles. The molecule has 0 radical (unpaired) electrons. The van der Waals surface area contributed by atoms with E-state index in [9.17, 15) is 0 Å². The van der Waals surface area contributed by atoms with Crippen LogP contribution in [-0.4, -0.2) is 20.7 Å². The van der Waals surface area contributed by atoms with Gasteiger partial charge in [-0.3, -0.25) is 0 Å². The van der Waals surface area contributed by atoms with Crippen LogP contribution < -0.4 is 9.64 Å². The lowest BCUT2D eigenvalue weighted by Gasteiger charge is -2.20. The van der Waals surface area contributed by atoms with Crippen molar-refractivity contribution in [2.45, 2.75) is 19.3 Å². The first-order valence-electron chi connectivity index (χ1n) is 5.58. The van der Waals surface area contributed by atoms with Crippen LogP contribution in [-0.2, 0) is 6.42 Å². The van der Waals surface area contributed by atoms with Gasteiger partial charge in [-0.25, -0.2) is 0 Å². The van der Waals surface area contributed by atoms with Crippen LogP contribution in [0.3, 0.4) is 0 Å². The number of hydrogen-bond acceptors (Lipinski definition) is 3. The standard InChI is InChI=1S/C13H16N2O/c1-15-6-4-3-5-10-8-13(16-2)11(9-14)7-12(10)15/h7-8H,3-6H2,1-2H3. The molecule has 1 aromatic rings. The van der Waals surface area contributed by atoms with Crippen molar-refractivity contribution in [2.75, 3.05) is 25.6 Å². The molecular formula is C13H16N2O. The molecule has 0 unspecified atom stereocenters. The molecular weight excluding hydrogens is 200 g/mol. The van der Waals surface area contributed by atoms with Gasteiger partial charge in [0.05, 0.1) is 12.7 Å². The Morgan fingerprint density at radius 1 is 1.38 bits per heavy atom. The number of rotatable bonds is 1. The van der Waals surface area contributed by atoms with E-state index in [2.05, 4.69) is 18.0 Å². The van der Waals surface area contributed by atoms with E-state index in [4.69, 9.17) is 10.00 Å². The van der Waals surface area contributed by atoms with Gasteiger partial charge in [0.25, 0.3) is 0 Å². The number of fused-ring (bicyclic) bond motifs is 1. The summed E-state index contributed by atoms with van der Waals surface area (Å²) in [5.41, 5.74) is 3.08. The van der Waals surface area contributed by atoms with Crippen molar-refractivity contribution >= 4 is 5.69 Å². The topological polar surface area (TPSA) is 36.3 Å². The van der Waals surface area contributed by atoms with Crippen molar-refractivity contribution in [3.63, 3.8) is 0 Å². The summed E-state index contributed by atoms with van der Waals surface area (Å²) in [4.78, 5) is 2.22. The van der Waals surface area contributed by atoms with E-state index in [1.807, 2.05) is 12.1 Å². The van der Waals surface area contributed by atoms with Crippen molar-refractivity contribution in [1.82, 2.24) is 0 Å². The highest BCUT2D eigenvalue weighted by Gasteiger charge is 2.15. The Morgan fingerprint density at radius 2 is 2.19 bits per heavy atom. The normalized spacial score (nSPS) is 14.9. The van der Waals surface area contributed by atoms with E-state index in [0.29, 0.717) is 11.3 Å². The van der Waals surface area contributed by atoms with Gasteiger partial charge in [-0.1, -0.05) is 0 Å². The van der Waals surface area contributed by atoms with Gasteiger partial charge in [0.15, 0.2) is 0 Å². The number of ether oxygens (including phenoxy) is 1. The van der Waals surface area contributed by atoms with Crippen LogP contribution >= 0.6 is 0 Å². The second-order valence-electron chi connectivity index (χ2n) is 4.17. The maximum atomic E-state index is 9.06. The summed E-state index contributed by atoms with van der Waals surface area (Å²) < 4.78 is 5.24. The first-order chi connectivity index (χ1) is 7.76. The van der Waals surface area contributed by atoms with Gasteiger partial charge in [0, 0.05) is 19.3 Å². The van der Waals surface area contributed by atoms with E-state index >= 15 is 0 Å². The highest BCUT2D eigenvalue weighted by Crippen LogP contribution is 2.31. The minimum absolute atomic E-state index is 0.620. The first kappa shape index (κ1) is 10.8. The van der Waals surface area contributed by atoms with Crippen molar-refractivity contribution in [3.05, 3.63) is 23.3 Å². The van der Waals surface area contributed by atoms with E-state index in [1.54, 1.807) is 7.11 Å². The molecule has 3 nitrogen and oxygen atoms in total. The SMILES string of the molecule is COc1cc2c(cc1C#N)N(C)CCCC2. The van der Waals surface area contributed by atoms with Crippen LogP contribution in [0.1, 0.15) is 24.0 Å². The monoisotopic (exact) mass is 216 g/mol. The zero-order valence-corrected chi connectivity index (χ0v) is 9.79. The maximum Gasteiger partial charge on any atom is 0.137 e. The Bertz CT molecular complexity index is 434. The lowest BCUT2D eigenvalue weighted by molar-refractivity contribution is 0.413. The van der Waals surface area contributed by atoms with Crippen molar-refractivity contribution in [3.8, 4) is 11.8 Å². The number of benzene rings is 1. The number of methoxy groups -OCH3 is 1. The molecule has 1 aromatic carbocycles. The quantitative estimate of drug-likeness (QED) is 0.723. The van der Waals surface area contributed by atoms with Gasteiger partial charge in [-0.15, -0.1) is 0 Å². The fourth-order valence-electron chi connectivity index (χ4n) is 2.21. The lowest BCUT2D eigenvalue weighted by Crippen LogP contribution is -2.17. The van der Waals surface area contributed by atoms with E-state index in [-0.39, 0.29) is 0 Å². The molecule has 2 rings (SSSR count). The van der Waals surface area contributed by atoms with E-state index in [0.717, 1.165) is 13.0 Å². The molecule has 1 aliphatic heterocycles. The third-order valence-electron chi connectivity index (χ3n) is 3.12. The van der Waals surface area contributed by atoms with Crippen molar-refractivity contribution < 1.29 is 4.74 Å². The van der Waals surface area contributed by atoms with Gasteiger partial charge in [0.2, 0.25) is 0 Å². The predicted molar refractivity (Wildman–Crippen MR) is 63.9 cm³/mol. The zero-order valence-electron chi connectivity index (χ0n) is 9.79. The molecule has 0 atom stereocenters. The molecule has 0 bridgehead atoms. The Morgan fingerprint density at radius 3 is 2.88 bits per heavy atom. The molecule has 3 heteroatoms. The molecule has 84 valence electrons. The van der Waals surface area contributed by atoms with Crippen LogP contribution in [0.2, 0.25) is 0 Å². The molecule has 0 spiro atoms. The van der Waals surface area contributed by atoms with Crippen LogP contribution in [0.5, 0.6) is 5.75 Å². The summed E-state index contributed by atoms with van der Waals surface area (Å²) in [5, 5.41) is 9.06. The Labute approximate surface area is 96.2 Å². The summed E-state index contributed by atoms with van der Waals surface area (Å²) in [6, 6.07) is 6.14. The number of aryl methyl sites for hydroxylation is 1. The van der Waals surface area contributed by atoms with E-state index < -0.39 is 0 Å². The summed E-state index contributed by atoms with van der Waals surface area (Å²) in [5.74, 6) is 0.691. The molecule has 16 heavy (non-hydrogen) atoms. The fraction of sp³-hybridized carbons (Fsp3) is 0.462. The number of nitriles is 1. The van der Waals surface area contributed by atoms with Crippen molar-refractivity contribution in [2.24, 2.45) is 0 Å². The summed E-state index contributed by atoms with van der Waals surface area (Å²) in [6.07, 6.45) is 3.48. The van der Waals surface area contributed by atoms with Gasteiger partial charge in [-0.05, 0) is 37.0 Å². The first-order valence-corrected chi connectivity index (χ1v) is 5.58. The third-order valence-corrected chi connectivity index (χ3v) is 3.12. The predicted octanol–water partition coefficient (Wildman–Crippen LogP) is 2.34. The molecule has 0 N–H and O–H groups in total. The Balaban J connectivity index is 2.53. The number of hydrogen-bond donors (Lipinski definition) is 0. The molecule has 0 aromatic heterocycles. The van der Waals surface area contributed by atoms with E-state index in [1.165, 1.54) is 24.1 Å². The second-order valence-corrected chi connectivity index (χ2v) is 4.17. The minimum Gasteiger partial charge on any atom is -0.495 e. The highest BCUT2D eigenvalue weighted by molar-refractivity contribution is 5.62. The Kier molecular flexibility index (Phi) is 3.00. The lowest BCUT2D eigenvalue weighted by atomic mass is 10.0. The third kappa shape index (κ3) is 1.83. The summed E-state index contributed by atoms with van der Waals surface area (Å²) in [7, 11) is 3.70. The molecule has 0 saturated heterocycles. The van der Waals surface area contributed by atoms with Gasteiger partial charge in [0.1, 0.15) is 11.8 Å². The van der Waals surface area contributed by atoms with Crippen LogP contribution in [0.25, 0.3) is 0 Å². The zero-order chi connectivity index (χ0) is 11.5. The number of nitrogens with zero attached hydrogens (tertiary/aromatic N) is 2. The second kappa shape index (κ2) is 4.44. The summed E-state index contributed by atoms with van der Waals surface area (Å²) >= 11 is 0. The minimum atomic E-state index is 0.620. The molecule has 1 aliphatic rings. The molecule has 0 amide bonds. The maximum absolute atomic E-state index is 9.06. The van der Waals surface area contributed by atoms with Crippen LogP contribution in [0.15, 0.2) is 12.1 Å². The highest BCUT2D eigenvalue weighted by atomic mass is 16.5. The smallest absolute Gasteiger partial charge is 0.137 e. The van der Waals surface area contributed by atoms with Crippen LogP contribution in [0.4, 0.5) is 5.69 Å². The average molecular weight is 216 g/mol. The molecule has 0 aliphatic carbocycles. The average Bonchev–Trinajstić information content (AvgIpc) is 2.49. The van der Waals surface area contributed by atoms with Crippen LogP contribution in [0, 0.1) is 11.3 Å². The summed E-state index contributed by atoms with van der Waals surface area (Å²) in [6.45, 7) is 1.06. The largest absolute Gasteiger partial charge is 0.495 e. The van der Waals surface area contributed by atoms with Crippen molar-refractivity contribution in [1.29, 1.82) is 5.26 Å². The Hall–Kier alpha value is -1.69. The number of anilines is 1. The van der Waals surface area contributed by atoms with Gasteiger partial charge in [-0.2, -0.15) is 5.26 Å².